The maximum atomic E-state index is 12.8. The van der Waals surface area contributed by atoms with Crippen molar-refractivity contribution in [3.8, 4) is 11.3 Å². The van der Waals surface area contributed by atoms with E-state index in [2.05, 4.69) is 30.5 Å². The van der Waals surface area contributed by atoms with Gasteiger partial charge in [-0.2, -0.15) is 0 Å². The largest absolute Gasteiger partial charge is 0.388 e. The third-order valence-corrected chi connectivity index (χ3v) is 6.99. The van der Waals surface area contributed by atoms with Gasteiger partial charge in [-0.25, -0.2) is 15.0 Å². The van der Waals surface area contributed by atoms with Crippen LogP contribution in [0, 0.1) is 6.92 Å². The highest BCUT2D eigenvalue weighted by molar-refractivity contribution is 6.06. The Hall–Kier alpha value is -4.02. The molecule has 1 amide bonds. The molecule has 3 N–H and O–H groups in total. The van der Waals surface area contributed by atoms with Gasteiger partial charge in [-0.1, -0.05) is 6.07 Å². The second kappa shape index (κ2) is 8.82. The fraction of sp³-hybridized carbons (Fsp3) is 0.333. The van der Waals surface area contributed by atoms with Gasteiger partial charge < -0.3 is 25.4 Å². The van der Waals surface area contributed by atoms with E-state index in [0.29, 0.717) is 42.5 Å². The summed E-state index contributed by atoms with van der Waals surface area (Å²) in [5, 5.41) is 16.6. The lowest BCUT2D eigenvalue weighted by Crippen LogP contribution is -2.52. The maximum Gasteiger partial charge on any atom is 0.254 e. The Labute approximate surface area is 214 Å². The van der Waals surface area contributed by atoms with E-state index < -0.39 is 5.60 Å². The molecule has 1 saturated heterocycles. The van der Waals surface area contributed by atoms with Crippen LogP contribution in [0.4, 0.5) is 17.2 Å². The van der Waals surface area contributed by atoms with Crippen LogP contribution in [0.5, 0.6) is 0 Å². The van der Waals surface area contributed by atoms with E-state index in [9.17, 15) is 9.90 Å². The molecular weight excluding hydrogens is 470 g/mol. The molecule has 0 bridgehead atoms. The second-order valence-corrected chi connectivity index (χ2v) is 10.1. The summed E-state index contributed by atoms with van der Waals surface area (Å²) >= 11 is 0. The fourth-order valence-corrected chi connectivity index (χ4v) is 4.95. The Bertz CT molecular complexity index is 1490. The van der Waals surface area contributed by atoms with Gasteiger partial charge in [-0.3, -0.25) is 9.20 Å². The standard InChI is InChI=1S/C27H29N7O3/c1-16-8-9-34-21(14-30-26(34)31-16)18-5-6-20(24-19(18)13-29-25(24)35)32-23-7-4-17(12-28-23)33-10-11-37-22(15-33)27(2,3)36/h4-9,12,14,22,36H,10-11,13,15H2,1-3H3,(H,28,32)(H,29,35)/t22-/m1/s1. The molecule has 2 aliphatic heterocycles. The van der Waals surface area contributed by atoms with Crippen LogP contribution >= 0.6 is 0 Å². The number of hydrogen-bond donors (Lipinski definition) is 3. The third kappa shape index (κ3) is 4.28. The van der Waals surface area contributed by atoms with Gasteiger partial charge in [-0.05, 0) is 50.6 Å². The number of morpholine rings is 1. The van der Waals surface area contributed by atoms with Crippen LogP contribution in [0.25, 0.3) is 17.0 Å². The number of aromatic nitrogens is 4. The zero-order valence-electron chi connectivity index (χ0n) is 21.0. The van der Waals surface area contributed by atoms with Gasteiger partial charge in [0, 0.05) is 37.1 Å². The molecule has 5 heterocycles. The minimum atomic E-state index is -0.917. The third-order valence-electron chi connectivity index (χ3n) is 6.99. The van der Waals surface area contributed by atoms with Crippen molar-refractivity contribution in [2.75, 3.05) is 29.9 Å². The van der Waals surface area contributed by atoms with Gasteiger partial charge in [0.25, 0.3) is 5.91 Å². The van der Waals surface area contributed by atoms with Crippen molar-refractivity contribution in [1.29, 1.82) is 0 Å². The van der Waals surface area contributed by atoms with Gasteiger partial charge in [0.1, 0.15) is 11.9 Å². The number of nitrogens with one attached hydrogen (secondary N) is 2. The Kier molecular flexibility index (Phi) is 5.58. The highest BCUT2D eigenvalue weighted by Gasteiger charge is 2.33. The van der Waals surface area contributed by atoms with Gasteiger partial charge in [0.15, 0.2) is 0 Å². The van der Waals surface area contributed by atoms with E-state index in [1.54, 1.807) is 26.2 Å². The summed E-state index contributed by atoms with van der Waals surface area (Å²) in [5.74, 6) is 1.14. The molecule has 10 nitrogen and oxygen atoms in total. The number of hydrogen-bond acceptors (Lipinski definition) is 8. The zero-order chi connectivity index (χ0) is 25.7. The minimum absolute atomic E-state index is 0.121. The van der Waals surface area contributed by atoms with Crippen molar-refractivity contribution in [1.82, 2.24) is 24.7 Å². The summed E-state index contributed by atoms with van der Waals surface area (Å²) in [6.07, 6.45) is 5.28. The minimum Gasteiger partial charge on any atom is -0.388 e. The normalized spacial score (nSPS) is 17.7. The quantitative estimate of drug-likeness (QED) is 0.384. The van der Waals surface area contributed by atoms with E-state index in [-0.39, 0.29) is 12.0 Å². The summed E-state index contributed by atoms with van der Waals surface area (Å²) < 4.78 is 7.68. The smallest absolute Gasteiger partial charge is 0.254 e. The Morgan fingerprint density at radius 3 is 2.81 bits per heavy atom. The number of rotatable bonds is 5. The summed E-state index contributed by atoms with van der Waals surface area (Å²) in [7, 11) is 0. The molecule has 1 fully saturated rings. The van der Waals surface area contributed by atoms with Gasteiger partial charge in [0.2, 0.25) is 5.78 Å². The van der Waals surface area contributed by atoms with Crippen molar-refractivity contribution < 1.29 is 14.6 Å². The second-order valence-electron chi connectivity index (χ2n) is 10.1. The highest BCUT2D eigenvalue weighted by Crippen LogP contribution is 2.35. The average Bonchev–Trinajstić information content (AvgIpc) is 3.48. The Morgan fingerprint density at radius 1 is 1.16 bits per heavy atom. The van der Waals surface area contributed by atoms with E-state index in [0.717, 1.165) is 34.7 Å². The Morgan fingerprint density at radius 2 is 2.03 bits per heavy atom. The number of fused-ring (bicyclic) bond motifs is 2. The lowest BCUT2D eigenvalue weighted by Gasteiger charge is -2.39. The van der Waals surface area contributed by atoms with Crippen molar-refractivity contribution >= 4 is 28.9 Å². The van der Waals surface area contributed by atoms with Crippen LogP contribution in [-0.4, -0.2) is 61.8 Å². The lowest BCUT2D eigenvalue weighted by molar-refractivity contribution is -0.0928. The van der Waals surface area contributed by atoms with E-state index >= 15 is 0 Å². The van der Waals surface area contributed by atoms with E-state index in [4.69, 9.17) is 4.74 Å². The molecule has 0 aliphatic carbocycles. The zero-order valence-corrected chi connectivity index (χ0v) is 21.0. The van der Waals surface area contributed by atoms with Crippen molar-refractivity contribution in [3.63, 3.8) is 0 Å². The van der Waals surface area contributed by atoms with E-state index in [1.165, 1.54) is 0 Å². The number of amides is 1. The summed E-state index contributed by atoms with van der Waals surface area (Å²) in [6.45, 7) is 7.77. The molecule has 0 unspecified atom stereocenters. The molecular formula is C27H29N7O3. The molecule has 3 aromatic heterocycles. The number of benzene rings is 1. The number of nitrogens with zero attached hydrogens (tertiary/aromatic N) is 5. The Balaban J connectivity index is 1.27. The number of imidazole rings is 1. The number of ether oxygens (including phenoxy) is 1. The van der Waals surface area contributed by atoms with Crippen LogP contribution in [0.2, 0.25) is 0 Å². The molecule has 0 saturated carbocycles. The van der Waals surface area contributed by atoms with Crippen LogP contribution < -0.4 is 15.5 Å². The maximum absolute atomic E-state index is 12.8. The van der Waals surface area contributed by atoms with Crippen molar-refractivity contribution in [2.24, 2.45) is 0 Å². The first-order valence-electron chi connectivity index (χ1n) is 12.3. The predicted octanol–water partition coefficient (Wildman–Crippen LogP) is 3.06. The van der Waals surface area contributed by atoms with Crippen LogP contribution in [-0.2, 0) is 11.3 Å². The van der Waals surface area contributed by atoms with E-state index in [1.807, 2.05) is 47.9 Å². The first-order valence-corrected chi connectivity index (χ1v) is 12.3. The summed E-state index contributed by atoms with van der Waals surface area (Å²) in [5.41, 5.74) is 4.99. The van der Waals surface area contributed by atoms with Crippen LogP contribution in [0.15, 0.2) is 48.9 Å². The van der Waals surface area contributed by atoms with Gasteiger partial charge in [-0.15, -0.1) is 0 Å². The first kappa shape index (κ1) is 23.4. The SMILES string of the molecule is Cc1ccn2c(-c3ccc(Nc4ccc(N5CCO[C@@H](C(C)(C)O)C5)cn4)c4c3CNC4=O)cnc2n1. The number of carbonyl (C=O) groups excluding carboxylic acids is 1. The first-order chi connectivity index (χ1) is 17.8. The summed E-state index contributed by atoms with van der Waals surface area (Å²) in [6, 6.07) is 9.74. The van der Waals surface area contributed by atoms with Crippen LogP contribution in [0.1, 0.15) is 35.5 Å². The number of carbonyl (C=O) groups is 1. The number of aliphatic hydroxyl groups is 1. The molecule has 1 aromatic carbocycles. The van der Waals surface area contributed by atoms with Gasteiger partial charge >= 0.3 is 0 Å². The van der Waals surface area contributed by atoms with Crippen LogP contribution in [0.3, 0.4) is 0 Å². The molecule has 4 aromatic rings. The molecule has 6 rings (SSSR count). The highest BCUT2D eigenvalue weighted by atomic mass is 16.5. The number of anilines is 3. The molecule has 10 heteroatoms. The monoisotopic (exact) mass is 499 g/mol. The number of aryl methyl sites for hydroxylation is 1. The fourth-order valence-electron chi connectivity index (χ4n) is 4.95. The topological polar surface area (TPSA) is 117 Å². The molecule has 1 atom stereocenters. The predicted molar refractivity (Wildman–Crippen MR) is 140 cm³/mol. The summed E-state index contributed by atoms with van der Waals surface area (Å²) in [4.78, 5) is 28.5. The molecule has 190 valence electrons. The molecule has 0 radical (unpaired) electrons. The average molecular weight is 500 g/mol. The molecule has 2 aliphatic rings. The number of pyridine rings is 1. The van der Waals surface area contributed by atoms with Crippen molar-refractivity contribution in [3.05, 3.63) is 65.7 Å². The molecule has 37 heavy (non-hydrogen) atoms. The lowest BCUT2D eigenvalue weighted by atomic mass is 9.99. The van der Waals surface area contributed by atoms with Crippen molar-refractivity contribution in [2.45, 2.75) is 39.0 Å². The van der Waals surface area contributed by atoms with Gasteiger partial charge in [0.05, 0.1) is 47.2 Å². The molecule has 0 spiro atoms.